The summed E-state index contributed by atoms with van der Waals surface area (Å²) >= 11 is 2.20. The molecule has 2 amide bonds. The maximum atomic E-state index is 12.1. The van der Waals surface area contributed by atoms with Crippen LogP contribution in [0.15, 0.2) is 12.4 Å². The average Bonchev–Trinajstić information content (AvgIpc) is 3.09. The molecule has 0 saturated heterocycles. The van der Waals surface area contributed by atoms with Crippen molar-refractivity contribution in [3.8, 4) is 0 Å². The SMILES string of the molecule is CCn1cc(NC(=O)CCn2ncc(I)c2C)c(C(=O)NC)n1. The van der Waals surface area contributed by atoms with E-state index in [2.05, 4.69) is 43.4 Å². The Bertz CT molecular complexity index is 721. The van der Waals surface area contributed by atoms with E-state index in [-0.39, 0.29) is 23.9 Å². The summed E-state index contributed by atoms with van der Waals surface area (Å²) in [5, 5.41) is 13.6. The molecule has 2 aromatic heterocycles. The van der Waals surface area contributed by atoms with Crippen molar-refractivity contribution in [2.75, 3.05) is 12.4 Å². The van der Waals surface area contributed by atoms with Gasteiger partial charge in [0.15, 0.2) is 5.69 Å². The van der Waals surface area contributed by atoms with Gasteiger partial charge in [-0.25, -0.2) is 0 Å². The van der Waals surface area contributed by atoms with Gasteiger partial charge in [-0.2, -0.15) is 10.2 Å². The number of nitrogens with one attached hydrogen (secondary N) is 2. The van der Waals surface area contributed by atoms with Gasteiger partial charge in [0.25, 0.3) is 5.91 Å². The van der Waals surface area contributed by atoms with E-state index in [1.54, 1.807) is 21.8 Å². The first-order valence-corrected chi connectivity index (χ1v) is 8.31. The van der Waals surface area contributed by atoms with Gasteiger partial charge in [0.1, 0.15) is 0 Å². The predicted molar refractivity (Wildman–Crippen MR) is 94.2 cm³/mol. The third-order valence-corrected chi connectivity index (χ3v) is 4.45. The van der Waals surface area contributed by atoms with E-state index >= 15 is 0 Å². The number of anilines is 1. The summed E-state index contributed by atoms with van der Waals surface area (Å²) < 4.78 is 4.46. The molecule has 0 aliphatic carbocycles. The third kappa shape index (κ3) is 4.09. The van der Waals surface area contributed by atoms with E-state index in [0.717, 1.165) is 9.26 Å². The molecular formula is C14H19IN6O2. The minimum atomic E-state index is -0.329. The largest absolute Gasteiger partial charge is 0.354 e. The fraction of sp³-hybridized carbons (Fsp3) is 0.429. The van der Waals surface area contributed by atoms with Crippen molar-refractivity contribution >= 4 is 40.1 Å². The highest BCUT2D eigenvalue weighted by Gasteiger charge is 2.17. The van der Waals surface area contributed by atoms with Gasteiger partial charge in [0.05, 0.1) is 22.0 Å². The summed E-state index contributed by atoms with van der Waals surface area (Å²) in [6.45, 7) is 4.97. The van der Waals surface area contributed by atoms with Crippen LogP contribution in [0.4, 0.5) is 5.69 Å². The molecule has 23 heavy (non-hydrogen) atoms. The number of hydrogen-bond donors (Lipinski definition) is 2. The summed E-state index contributed by atoms with van der Waals surface area (Å²) in [6.07, 6.45) is 3.69. The highest BCUT2D eigenvalue weighted by molar-refractivity contribution is 14.1. The molecule has 0 unspecified atom stereocenters. The van der Waals surface area contributed by atoms with Crippen LogP contribution in [0, 0.1) is 10.5 Å². The van der Waals surface area contributed by atoms with Crippen LogP contribution in [-0.2, 0) is 17.9 Å². The Hall–Kier alpha value is -1.91. The van der Waals surface area contributed by atoms with Crippen LogP contribution >= 0.6 is 22.6 Å². The van der Waals surface area contributed by atoms with Gasteiger partial charge in [-0.3, -0.25) is 19.0 Å². The Morgan fingerprint density at radius 2 is 2.13 bits per heavy atom. The van der Waals surface area contributed by atoms with E-state index in [9.17, 15) is 9.59 Å². The van der Waals surface area contributed by atoms with Crippen molar-refractivity contribution in [1.29, 1.82) is 0 Å². The van der Waals surface area contributed by atoms with Crippen molar-refractivity contribution in [3.05, 3.63) is 27.4 Å². The monoisotopic (exact) mass is 430 g/mol. The number of hydrogen-bond acceptors (Lipinski definition) is 4. The summed E-state index contributed by atoms with van der Waals surface area (Å²) in [7, 11) is 1.53. The zero-order chi connectivity index (χ0) is 17.0. The fourth-order valence-electron chi connectivity index (χ4n) is 2.03. The van der Waals surface area contributed by atoms with Crippen LogP contribution in [0.2, 0.25) is 0 Å². The number of halogens is 1. The van der Waals surface area contributed by atoms with Gasteiger partial charge in [-0.15, -0.1) is 0 Å². The summed E-state index contributed by atoms with van der Waals surface area (Å²) in [5.74, 6) is -0.513. The number of aromatic nitrogens is 4. The maximum absolute atomic E-state index is 12.1. The van der Waals surface area contributed by atoms with Crippen molar-refractivity contribution in [3.63, 3.8) is 0 Å². The summed E-state index contributed by atoms with van der Waals surface area (Å²) in [4.78, 5) is 24.0. The Morgan fingerprint density at radius 1 is 1.39 bits per heavy atom. The lowest BCUT2D eigenvalue weighted by molar-refractivity contribution is -0.116. The lowest BCUT2D eigenvalue weighted by Gasteiger charge is -2.06. The molecule has 0 bridgehead atoms. The van der Waals surface area contributed by atoms with Crippen LogP contribution in [0.1, 0.15) is 29.5 Å². The Kier molecular flexibility index (Phi) is 5.74. The quantitative estimate of drug-likeness (QED) is 0.678. The van der Waals surface area contributed by atoms with Crippen molar-refractivity contribution in [2.45, 2.75) is 33.4 Å². The minimum absolute atomic E-state index is 0.185. The van der Waals surface area contributed by atoms with Crippen molar-refractivity contribution in [2.24, 2.45) is 0 Å². The van der Waals surface area contributed by atoms with Gasteiger partial charge in [-0.1, -0.05) is 0 Å². The Labute approximate surface area is 147 Å². The standard InChI is InChI=1S/C14H19IN6O2/c1-4-20-8-11(13(19-20)14(23)16-3)18-12(22)5-6-21-9(2)10(15)7-17-21/h7-8H,4-6H2,1-3H3,(H,16,23)(H,18,22). The molecule has 2 heterocycles. The molecule has 9 heteroatoms. The van der Waals surface area contributed by atoms with Gasteiger partial charge in [0, 0.05) is 31.9 Å². The normalized spacial score (nSPS) is 10.6. The molecule has 124 valence electrons. The second kappa shape index (κ2) is 7.57. The average molecular weight is 430 g/mol. The zero-order valence-electron chi connectivity index (χ0n) is 13.3. The summed E-state index contributed by atoms with van der Waals surface area (Å²) in [5.41, 5.74) is 1.67. The molecule has 2 aromatic rings. The first-order valence-electron chi connectivity index (χ1n) is 7.23. The number of rotatable bonds is 6. The van der Waals surface area contributed by atoms with Crippen LogP contribution < -0.4 is 10.6 Å². The molecule has 2 N–H and O–H groups in total. The van der Waals surface area contributed by atoms with Crippen LogP contribution in [0.3, 0.4) is 0 Å². The van der Waals surface area contributed by atoms with Crippen LogP contribution in [0.5, 0.6) is 0 Å². The van der Waals surface area contributed by atoms with Gasteiger partial charge in [0.2, 0.25) is 5.91 Å². The minimum Gasteiger partial charge on any atom is -0.354 e. The number of nitrogens with zero attached hydrogens (tertiary/aromatic N) is 4. The molecule has 0 aliphatic rings. The topological polar surface area (TPSA) is 93.8 Å². The molecular weight excluding hydrogens is 411 g/mol. The zero-order valence-corrected chi connectivity index (χ0v) is 15.4. The van der Waals surface area contributed by atoms with E-state index in [0.29, 0.717) is 18.8 Å². The number of carbonyl (C=O) groups excluding carboxylic acids is 2. The lowest BCUT2D eigenvalue weighted by atomic mass is 10.3. The molecule has 8 nitrogen and oxygen atoms in total. The first-order chi connectivity index (χ1) is 11.0. The highest BCUT2D eigenvalue weighted by atomic mass is 127. The van der Waals surface area contributed by atoms with E-state index < -0.39 is 0 Å². The fourth-order valence-corrected chi connectivity index (χ4v) is 2.43. The molecule has 0 aliphatic heterocycles. The number of amides is 2. The van der Waals surface area contributed by atoms with Crippen molar-refractivity contribution < 1.29 is 9.59 Å². The second-order valence-electron chi connectivity index (χ2n) is 4.93. The third-order valence-electron chi connectivity index (χ3n) is 3.40. The Morgan fingerprint density at radius 3 is 2.70 bits per heavy atom. The number of aryl methyl sites for hydroxylation is 2. The van der Waals surface area contributed by atoms with Crippen LogP contribution in [-0.4, -0.2) is 38.4 Å². The van der Waals surface area contributed by atoms with Gasteiger partial charge in [-0.05, 0) is 36.4 Å². The molecule has 0 radical (unpaired) electrons. The molecule has 0 spiro atoms. The number of carbonyl (C=O) groups is 2. The molecule has 0 saturated carbocycles. The molecule has 2 rings (SSSR count). The second-order valence-corrected chi connectivity index (χ2v) is 6.09. The molecule has 0 atom stereocenters. The van der Waals surface area contributed by atoms with E-state index in [1.165, 1.54) is 7.05 Å². The smallest absolute Gasteiger partial charge is 0.273 e. The summed E-state index contributed by atoms with van der Waals surface area (Å²) in [6, 6.07) is 0. The van der Waals surface area contributed by atoms with Crippen LogP contribution in [0.25, 0.3) is 0 Å². The predicted octanol–water partition coefficient (Wildman–Crippen LogP) is 1.40. The molecule has 0 fully saturated rings. The first kappa shape index (κ1) is 17.4. The van der Waals surface area contributed by atoms with E-state index in [4.69, 9.17) is 0 Å². The Balaban J connectivity index is 2.03. The van der Waals surface area contributed by atoms with Gasteiger partial charge < -0.3 is 10.6 Å². The highest BCUT2D eigenvalue weighted by Crippen LogP contribution is 2.15. The van der Waals surface area contributed by atoms with E-state index in [1.807, 2.05) is 13.8 Å². The maximum Gasteiger partial charge on any atom is 0.273 e. The van der Waals surface area contributed by atoms with Gasteiger partial charge >= 0.3 is 0 Å². The lowest BCUT2D eigenvalue weighted by Crippen LogP contribution is -2.22. The molecule has 0 aromatic carbocycles. The van der Waals surface area contributed by atoms with Crippen molar-refractivity contribution in [1.82, 2.24) is 24.9 Å².